The Balaban J connectivity index is 4.17. The highest BCUT2D eigenvalue weighted by atomic mass is 15.2. The first kappa shape index (κ1) is 14.7. The van der Waals surface area contributed by atoms with Crippen molar-refractivity contribution >= 4 is 0 Å². The van der Waals surface area contributed by atoms with Crippen LogP contribution in [0.1, 0.15) is 53.9 Å². The van der Waals surface area contributed by atoms with Gasteiger partial charge >= 0.3 is 0 Å². The smallest absolute Gasteiger partial charge is 0.0187 e. The van der Waals surface area contributed by atoms with Gasteiger partial charge in [0.05, 0.1) is 0 Å². The molecule has 0 heterocycles. The second kappa shape index (κ2) is 6.32. The van der Waals surface area contributed by atoms with E-state index < -0.39 is 0 Å². The summed E-state index contributed by atoms with van der Waals surface area (Å²) in [5, 5.41) is 0. The largest absolute Gasteiger partial charge is 0.301 e. The maximum absolute atomic E-state index is 4.20. The van der Waals surface area contributed by atoms with E-state index in [1.807, 2.05) is 0 Å². The second-order valence-electron chi connectivity index (χ2n) is 5.76. The first-order valence-corrected chi connectivity index (χ1v) is 6.17. The zero-order valence-corrected chi connectivity index (χ0v) is 11.6. The Bertz CT molecular complexity index is 192. The fourth-order valence-electron chi connectivity index (χ4n) is 2.03. The van der Waals surface area contributed by atoms with Crippen LogP contribution >= 0.6 is 0 Å². The SMILES string of the molecule is C=C(CC(C)C)CC(C)(C)N(C)CCC. The van der Waals surface area contributed by atoms with Gasteiger partial charge in [0.1, 0.15) is 0 Å². The van der Waals surface area contributed by atoms with Crippen LogP contribution in [-0.2, 0) is 0 Å². The van der Waals surface area contributed by atoms with E-state index in [1.54, 1.807) is 0 Å². The van der Waals surface area contributed by atoms with Gasteiger partial charge in [-0.1, -0.05) is 32.9 Å². The number of rotatable bonds is 7. The van der Waals surface area contributed by atoms with Crippen LogP contribution in [0.25, 0.3) is 0 Å². The lowest BCUT2D eigenvalue weighted by Gasteiger charge is -2.36. The molecule has 0 amide bonds. The topological polar surface area (TPSA) is 3.24 Å². The fourth-order valence-corrected chi connectivity index (χ4v) is 2.03. The van der Waals surface area contributed by atoms with Crippen LogP contribution in [0.2, 0.25) is 0 Å². The standard InChI is InChI=1S/C14H29N/c1-8-9-15(7)14(5,6)11-13(4)10-12(2)3/h12H,4,8-11H2,1-3,5-7H3. The van der Waals surface area contributed by atoms with Crippen molar-refractivity contribution in [2.45, 2.75) is 59.4 Å². The van der Waals surface area contributed by atoms with Crippen LogP contribution in [0, 0.1) is 5.92 Å². The highest BCUT2D eigenvalue weighted by Crippen LogP contribution is 2.24. The van der Waals surface area contributed by atoms with Crippen molar-refractivity contribution in [1.82, 2.24) is 4.90 Å². The summed E-state index contributed by atoms with van der Waals surface area (Å²) in [5.74, 6) is 0.727. The molecule has 0 bridgehead atoms. The molecule has 0 aromatic carbocycles. The van der Waals surface area contributed by atoms with Crippen LogP contribution in [0.5, 0.6) is 0 Å². The van der Waals surface area contributed by atoms with Crippen molar-refractivity contribution in [3.63, 3.8) is 0 Å². The Hall–Kier alpha value is -0.300. The first-order valence-electron chi connectivity index (χ1n) is 6.17. The van der Waals surface area contributed by atoms with E-state index in [0.717, 1.165) is 18.8 Å². The fraction of sp³-hybridized carbons (Fsp3) is 0.857. The Morgan fingerprint density at radius 2 is 1.87 bits per heavy atom. The molecule has 0 radical (unpaired) electrons. The maximum atomic E-state index is 4.20. The second-order valence-corrected chi connectivity index (χ2v) is 5.76. The summed E-state index contributed by atoms with van der Waals surface area (Å²) in [5.41, 5.74) is 1.64. The molecule has 0 saturated heterocycles. The minimum atomic E-state index is 0.252. The molecule has 0 aromatic heterocycles. The van der Waals surface area contributed by atoms with Crippen molar-refractivity contribution in [2.75, 3.05) is 13.6 Å². The van der Waals surface area contributed by atoms with Gasteiger partial charge in [-0.3, -0.25) is 0 Å². The summed E-state index contributed by atoms with van der Waals surface area (Å²) in [6, 6.07) is 0. The van der Waals surface area contributed by atoms with Gasteiger partial charge in [0.2, 0.25) is 0 Å². The molecule has 0 aliphatic heterocycles. The van der Waals surface area contributed by atoms with Crippen molar-refractivity contribution in [2.24, 2.45) is 5.92 Å². The summed E-state index contributed by atoms with van der Waals surface area (Å²) in [6.45, 7) is 16.7. The molecule has 0 aromatic rings. The Kier molecular flexibility index (Phi) is 6.19. The lowest BCUT2D eigenvalue weighted by molar-refractivity contribution is 0.154. The van der Waals surface area contributed by atoms with Gasteiger partial charge in [-0.05, 0) is 52.6 Å². The van der Waals surface area contributed by atoms with E-state index in [9.17, 15) is 0 Å². The Labute approximate surface area is 96.6 Å². The molecule has 0 spiro atoms. The van der Waals surface area contributed by atoms with Gasteiger partial charge in [-0.25, -0.2) is 0 Å². The summed E-state index contributed by atoms with van der Waals surface area (Å²) < 4.78 is 0. The Morgan fingerprint density at radius 1 is 1.33 bits per heavy atom. The summed E-state index contributed by atoms with van der Waals surface area (Å²) in [6.07, 6.45) is 3.49. The zero-order valence-electron chi connectivity index (χ0n) is 11.6. The summed E-state index contributed by atoms with van der Waals surface area (Å²) in [7, 11) is 2.21. The van der Waals surface area contributed by atoms with Crippen molar-refractivity contribution < 1.29 is 0 Å². The van der Waals surface area contributed by atoms with E-state index in [4.69, 9.17) is 0 Å². The molecule has 1 heteroatoms. The van der Waals surface area contributed by atoms with Crippen molar-refractivity contribution in [3.8, 4) is 0 Å². The molecule has 0 atom stereocenters. The molecule has 90 valence electrons. The number of hydrogen-bond donors (Lipinski definition) is 0. The van der Waals surface area contributed by atoms with Crippen molar-refractivity contribution in [1.29, 1.82) is 0 Å². The number of hydrogen-bond acceptors (Lipinski definition) is 1. The van der Waals surface area contributed by atoms with E-state index in [-0.39, 0.29) is 5.54 Å². The zero-order chi connectivity index (χ0) is 12.1. The monoisotopic (exact) mass is 211 g/mol. The minimum absolute atomic E-state index is 0.252. The van der Waals surface area contributed by atoms with Crippen molar-refractivity contribution in [3.05, 3.63) is 12.2 Å². The molecule has 15 heavy (non-hydrogen) atoms. The lowest BCUT2D eigenvalue weighted by atomic mass is 9.90. The van der Waals surface area contributed by atoms with Crippen LogP contribution < -0.4 is 0 Å². The average Bonchev–Trinajstić information content (AvgIpc) is 2.01. The third-order valence-electron chi connectivity index (χ3n) is 2.97. The molecular formula is C14H29N. The van der Waals surface area contributed by atoms with E-state index in [1.165, 1.54) is 18.5 Å². The van der Waals surface area contributed by atoms with E-state index >= 15 is 0 Å². The molecular weight excluding hydrogens is 182 g/mol. The first-order chi connectivity index (χ1) is 6.79. The van der Waals surface area contributed by atoms with Gasteiger partial charge in [0.25, 0.3) is 0 Å². The predicted molar refractivity (Wildman–Crippen MR) is 70.2 cm³/mol. The van der Waals surface area contributed by atoms with Gasteiger partial charge in [-0.15, -0.1) is 0 Å². The molecule has 0 aliphatic carbocycles. The third kappa shape index (κ3) is 5.99. The minimum Gasteiger partial charge on any atom is -0.301 e. The summed E-state index contributed by atoms with van der Waals surface area (Å²) >= 11 is 0. The molecule has 0 saturated carbocycles. The quantitative estimate of drug-likeness (QED) is 0.573. The van der Waals surface area contributed by atoms with Gasteiger partial charge < -0.3 is 4.90 Å². The lowest BCUT2D eigenvalue weighted by Crippen LogP contribution is -2.41. The molecule has 0 unspecified atom stereocenters. The van der Waals surface area contributed by atoms with Gasteiger partial charge in [0.15, 0.2) is 0 Å². The highest BCUT2D eigenvalue weighted by molar-refractivity contribution is 5.02. The molecule has 1 nitrogen and oxygen atoms in total. The van der Waals surface area contributed by atoms with Gasteiger partial charge in [-0.2, -0.15) is 0 Å². The normalized spacial score (nSPS) is 12.5. The summed E-state index contributed by atoms with van der Waals surface area (Å²) in [4.78, 5) is 2.44. The van der Waals surface area contributed by atoms with Crippen LogP contribution in [0.4, 0.5) is 0 Å². The maximum Gasteiger partial charge on any atom is 0.0187 e. The molecule has 0 rings (SSSR count). The van der Waals surface area contributed by atoms with Crippen LogP contribution in [0.15, 0.2) is 12.2 Å². The van der Waals surface area contributed by atoms with Crippen LogP contribution in [0.3, 0.4) is 0 Å². The van der Waals surface area contributed by atoms with Gasteiger partial charge in [0, 0.05) is 5.54 Å². The molecule has 0 N–H and O–H groups in total. The number of nitrogens with zero attached hydrogens (tertiary/aromatic N) is 1. The van der Waals surface area contributed by atoms with E-state index in [2.05, 4.69) is 53.1 Å². The molecule has 0 fully saturated rings. The third-order valence-corrected chi connectivity index (χ3v) is 2.97. The predicted octanol–water partition coefficient (Wildman–Crippen LogP) is 4.10. The Morgan fingerprint density at radius 3 is 2.27 bits per heavy atom. The van der Waals surface area contributed by atoms with Crippen LogP contribution in [-0.4, -0.2) is 24.0 Å². The molecule has 0 aliphatic rings. The highest BCUT2D eigenvalue weighted by Gasteiger charge is 2.23. The van der Waals surface area contributed by atoms with E-state index in [0.29, 0.717) is 0 Å². The average molecular weight is 211 g/mol.